The van der Waals surface area contributed by atoms with Crippen molar-refractivity contribution in [1.29, 1.82) is 0 Å². The maximum absolute atomic E-state index is 10.6. The number of hydrogen-bond donors (Lipinski definition) is 2. The van der Waals surface area contributed by atoms with Gasteiger partial charge in [-0.05, 0) is 25.8 Å². The Hall–Kier alpha value is -0.900. The number of hydrogen-bond acceptors (Lipinski definition) is 3. The fourth-order valence-electron chi connectivity index (χ4n) is 0.944. The number of unbranched alkanes of at least 4 members (excludes halogenated alkanes) is 1. The van der Waals surface area contributed by atoms with Gasteiger partial charge in [-0.25, -0.2) is 0 Å². The van der Waals surface area contributed by atoms with E-state index < -0.39 is 0 Å². The molecule has 0 rings (SSSR count). The van der Waals surface area contributed by atoms with Crippen LogP contribution in [-0.2, 0) is 9.59 Å². The van der Waals surface area contributed by atoms with E-state index in [2.05, 4.69) is 5.32 Å². The maximum Gasteiger partial charge on any atom is 0.217 e. The van der Waals surface area contributed by atoms with E-state index in [9.17, 15) is 9.59 Å². The van der Waals surface area contributed by atoms with Crippen LogP contribution in [-0.4, -0.2) is 24.8 Å². The van der Waals surface area contributed by atoms with Crippen molar-refractivity contribution in [3.05, 3.63) is 0 Å². The van der Waals surface area contributed by atoms with Crippen LogP contribution in [0.25, 0.3) is 0 Å². The molecule has 0 saturated heterocycles. The lowest BCUT2D eigenvalue weighted by atomic mass is 10.1. The lowest BCUT2D eigenvalue weighted by molar-refractivity contribution is -0.122. The van der Waals surface area contributed by atoms with Gasteiger partial charge in [0.2, 0.25) is 5.91 Å². The zero-order valence-corrected chi connectivity index (χ0v) is 7.38. The molecular formula is C8H16N2O2. The van der Waals surface area contributed by atoms with E-state index in [4.69, 9.17) is 5.73 Å². The first-order chi connectivity index (χ1) is 5.70. The van der Waals surface area contributed by atoms with Crippen molar-refractivity contribution in [3.63, 3.8) is 0 Å². The predicted octanol–water partition coefficient (Wildman–Crippen LogP) is -0.181. The molecule has 0 aromatic carbocycles. The molecule has 0 aliphatic heterocycles. The molecule has 0 fully saturated rings. The quantitative estimate of drug-likeness (QED) is 0.431. The molecule has 1 unspecified atom stereocenters. The molecule has 1 amide bonds. The molecule has 1 atom stereocenters. The fraction of sp³-hybridized carbons (Fsp3) is 0.750. The summed E-state index contributed by atoms with van der Waals surface area (Å²) in [6.45, 7) is 2.03. The number of amides is 1. The van der Waals surface area contributed by atoms with E-state index in [0.717, 1.165) is 19.1 Å². The van der Waals surface area contributed by atoms with Gasteiger partial charge in [-0.15, -0.1) is 0 Å². The van der Waals surface area contributed by atoms with Crippen LogP contribution < -0.4 is 11.1 Å². The highest BCUT2D eigenvalue weighted by Crippen LogP contribution is 1.97. The van der Waals surface area contributed by atoms with Crippen LogP contribution >= 0.6 is 0 Å². The van der Waals surface area contributed by atoms with Crippen molar-refractivity contribution in [2.45, 2.75) is 32.2 Å². The third-order valence-electron chi connectivity index (χ3n) is 1.52. The minimum absolute atomic E-state index is 0.167. The number of aldehydes is 1. The van der Waals surface area contributed by atoms with Crippen LogP contribution in [0.15, 0.2) is 0 Å². The van der Waals surface area contributed by atoms with Crippen LogP contribution in [0.3, 0.4) is 0 Å². The molecule has 4 heteroatoms. The Balaban J connectivity index is 3.53. The summed E-state index contributed by atoms with van der Waals surface area (Å²) in [6, 6.07) is -0.339. The lowest BCUT2D eigenvalue weighted by Crippen LogP contribution is -2.34. The molecule has 0 aliphatic carbocycles. The highest BCUT2D eigenvalue weighted by atomic mass is 16.2. The Labute approximate surface area is 72.5 Å². The van der Waals surface area contributed by atoms with Gasteiger partial charge in [0.1, 0.15) is 6.29 Å². The van der Waals surface area contributed by atoms with E-state index in [1.807, 2.05) is 0 Å². The van der Waals surface area contributed by atoms with Gasteiger partial charge in [0.05, 0.1) is 6.04 Å². The molecule has 4 nitrogen and oxygen atoms in total. The van der Waals surface area contributed by atoms with Gasteiger partial charge in [-0.1, -0.05) is 0 Å². The molecule has 0 bridgehead atoms. The van der Waals surface area contributed by atoms with E-state index in [1.165, 1.54) is 6.92 Å². The van der Waals surface area contributed by atoms with Gasteiger partial charge in [-0.2, -0.15) is 0 Å². The van der Waals surface area contributed by atoms with Crippen molar-refractivity contribution in [2.24, 2.45) is 5.73 Å². The number of carbonyl (C=O) groups is 2. The standard InChI is InChI=1S/C8H16N2O2/c1-7(12)10-8(6-11)4-2-3-5-9/h6,8H,2-5,9H2,1H3,(H,10,12). The average Bonchev–Trinajstić information content (AvgIpc) is 2.02. The Morgan fingerprint density at radius 2 is 2.25 bits per heavy atom. The molecule has 0 radical (unpaired) electrons. The minimum atomic E-state index is -0.339. The number of carbonyl (C=O) groups excluding carboxylic acids is 2. The van der Waals surface area contributed by atoms with Gasteiger partial charge >= 0.3 is 0 Å². The SMILES string of the molecule is CC(=O)NC(C=O)CCCCN. The van der Waals surface area contributed by atoms with E-state index >= 15 is 0 Å². The van der Waals surface area contributed by atoms with Crippen LogP contribution in [0.2, 0.25) is 0 Å². The summed E-state index contributed by atoms with van der Waals surface area (Å²) in [5.41, 5.74) is 5.28. The predicted molar refractivity (Wildman–Crippen MR) is 46.6 cm³/mol. The van der Waals surface area contributed by atoms with Crippen LogP contribution in [0.5, 0.6) is 0 Å². The third-order valence-corrected chi connectivity index (χ3v) is 1.52. The number of rotatable bonds is 6. The molecule has 0 saturated carbocycles. The third kappa shape index (κ3) is 5.85. The Morgan fingerprint density at radius 3 is 2.67 bits per heavy atom. The van der Waals surface area contributed by atoms with Gasteiger partial charge in [-0.3, -0.25) is 4.79 Å². The van der Waals surface area contributed by atoms with E-state index in [1.54, 1.807) is 0 Å². The topological polar surface area (TPSA) is 72.2 Å². The van der Waals surface area contributed by atoms with Crippen molar-refractivity contribution in [2.75, 3.05) is 6.54 Å². The van der Waals surface area contributed by atoms with Gasteiger partial charge in [0.25, 0.3) is 0 Å². The zero-order valence-electron chi connectivity index (χ0n) is 7.38. The average molecular weight is 172 g/mol. The second kappa shape index (κ2) is 6.79. The van der Waals surface area contributed by atoms with Gasteiger partial charge in [0.15, 0.2) is 0 Å². The molecule has 0 heterocycles. The fourth-order valence-corrected chi connectivity index (χ4v) is 0.944. The molecule has 0 aromatic rings. The summed E-state index contributed by atoms with van der Waals surface area (Å²) in [5.74, 6) is -0.167. The van der Waals surface area contributed by atoms with E-state index in [0.29, 0.717) is 13.0 Å². The van der Waals surface area contributed by atoms with Gasteiger partial charge in [0, 0.05) is 6.92 Å². The Kier molecular flexibility index (Phi) is 6.28. The number of nitrogens with two attached hydrogens (primary N) is 1. The summed E-state index contributed by atoms with van der Waals surface area (Å²) < 4.78 is 0. The van der Waals surface area contributed by atoms with Crippen LogP contribution in [0, 0.1) is 0 Å². The molecule has 12 heavy (non-hydrogen) atoms. The lowest BCUT2D eigenvalue weighted by Gasteiger charge is -2.09. The summed E-state index contributed by atoms with van der Waals surface area (Å²) in [6.07, 6.45) is 3.21. The van der Waals surface area contributed by atoms with Gasteiger partial charge < -0.3 is 15.8 Å². The van der Waals surface area contributed by atoms with Crippen molar-refractivity contribution < 1.29 is 9.59 Å². The van der Waals surface area contributed by atoms with Crippen molar-refractivity contribution >= 4 is 12.2 Å². The monoisotopic (exact) mass is 172 g/mol. The normalized spacial score (nSPS) is 12.2. The first-order valence-corrected chi connectivity index (χ1v) is 4.13. The molecule has 3 N–H and O–H groups in total. The van der Waals surface area contributed by atoms with Crippen molar-refractivity contribution in [1.82, 2.24) is 5.32 Å². The summed E-state index contributed by atoms with van der Waals surface area (Å²) >= 11 is 0. The second-order valence-corrected chi connectivity index (χ2v) is 2.73. The maximum atomic E-state index is 10.6. The zero-order chi connectivity index (χ0) is 9.40. The number of nitrogens with one attached hydrogen (secondary N) is 1. The summed E-state index contributed by atoms with van der Waals surface area (Å²) in [5, 5.41) is 2.54. The minimum Gasteiger partial charge on any atom is -0.347 e. The largest absolute Gasteiger partial charge is 0.347 e. The molecule has 0 aromatic heterocycles. The highest BCUT2D eigenvalue weighted by molar-refractivity contribution is 5.77. The molecule has 0 spiro atoms. The van der Waals surface area contributed by atoms with E-state index in [-0.39, 0.29) is 11.9 Å². The van der Waals surface area contributed by atoms with Crippen molar-refractivity contribution in [3.8, 4) is 0 Å². The highest BCUT2D eigenvalue weighted by Gasteiger charge is 2.06. The smallest absolute Gasteiger partial charge is 0.217 e. The Morgan fingerprint density at radius 1 is 1.58 bits per heavy atom. The molecular weight excluding hydrogens is 156 g/mol. The first kappa shape index (κ1) is 11.1. The molecule has 0 aliphatic rings. The van der Waals surface area contributed by atoms with Crippen LogP contribution in [0.4, 0.5) is 0 Å². The summed E-state index contributed by atoms with van der Waals surface area (Å²) in [7, 11) is 0. The summed E-state index contributed by atoms with van der Waals surface area (Å²) in [4.78, 5) is 20.9. The first-order valence-electron chi connectivity index (χ1n) is 4.13. The van der Waals surface area contributed by atoms with Crippen LogP contribution in [0.1, 0.15) is 26.2 Å². The Bertz CT molecular complexity index is 148. The second-order valence-electron chi connectivity index (χ2n) is 2.73. The molecule has 70 valence electrons.